The van der Waals surface area contributed by atoms with Crippen molar-refractivity contribution >= 4 is 29.1 Å². The number of nitro groups is 1. The van der Waals surface area contributed by atoms with E-state index in [2.05, 4.69) is 20.7 Å². The fourth-order valence-electron chi connectivity index (χ4n) is 4.58. The first-order valence-electron chi connectivity index (χ1n) is 11.9. The van der Waals surface area contributed by atoms with E-state index in [1.807, 2.05) is 0 Å². The van der Waals surface area contributed by atoms with Crippen LogP contribution < -0.4 is 10.6 Å². The van der Waals surface area contributed by atoms with Crippen LogP contribution in [-0.4, -0.2) is 42.4 Å². The number of benzene rings is 2. The van der Waals surface area contributed by atoms with E-state index in [0.29, 0.717) is 24.0 Å². The molecule has 1 aliphatic carbocycles. The molecule has 4 aromatic rings. The maximum atomic E-state index is 13.6. The normalized spacial score (nSPS) is 14.2. The molecule has 13 heteroatoms. The van der Waals surface area contributed by atoms with Crippen LogP contribution in [0.15, 0.2) is 48.7 Å². The van der Waals surface area contributed by atoms with E-state index < -0.39 is 34.4 Å². The molecule has 12 nitrogen and oxygen atoms in total. The Kier molecular flexibility index (Phi) is 6.48. The number of aromatic nitrogens is 3. The summed E-state index contributed by atoms with van der Waals surface area (Å²) in [6.45, 7) is 1.63. The molecule has 0 aliphatic heterocycles. The first kappa shape index (κ1) is 25.4. The van der Waals surface area contributed by atoms with Crippen LogP contribution in [0.2, 0.25) is 0 Å². The van der Waals surface area contributed by atoms with Gasteiger partial charge in [-0.15, -0.1) is 0 Å². The number of carboxylic acids is 1. The number of amides is 2. The lowest BCUT2D eigenvalue weighted by atomic mass is 10.0. The molecule has 0 spiro atoms. The Balaban J connectivity index is 1.44. The van der Waals surface area contributed by atoms with Crippen molar-refractivity contribution in [3.05, 3.63) is 104 Å². The minimum Gasteiger partial charge on any atom is -0.478 e. The SMILES string of the molecule is Cc1cc(CNC(=O)c2cc(C(=O)N[C@H]3CCc4cc(C(=O)O)ccc43)n3ncc([N+](=O)[O-])c3n2)ccc1F. The standard InChI is InChI=1S/C26H21FN6O6/c1-13-8-14(2-6-18(13)27)11-28-24(34)20-10-21(32-23(30-20)22(12-29-32)33(38)39)25(35)31-19-7-4-15-9-16(26(36)37)3-5-17(15)19/h2-3,5-6,8-10,12,19H,4,7,11H2,1H3,(H,28,34)(H,31,35)(H,36,37)/t19-/m0/s1. The molecular weight excluding hydrogens is 511 g/mol. The number of carboxylic acid groups (broad SMARTS) is 1. The van der Waals surface area contributed by atoms with Gasteiger partial charge >= 0.3 is 11.7 Å². The maximum absolute atomic E-state index is 13.6. The third-order valence-corrected chi connectivity index (χ3v) is 6.56. The lowest BCUT2D eigenvalue weighted by Crippen LogP contribution is -2.30. The first-order valence-corrected chi connectivity index (χ1v) is 11.9. The predicted octanol–water partition coefficient (Wildman–Crippen LogP) is 3.13. The quantitative estimate of drug-likeness (QED) is 0.241. The summed E-state index contributed by atoms with van der Waals surface area (Å²) in [5.74, 6) is -2.78. The van der Waals surface area contributed by atoms with E-state index in [9.17, 15) is 34.0 Å². The van der Waals surface area contributed by atoms with Gasteiger partial charge < -0.3 is 15.7 Å². The summed E-state index contributed by atoms with van der Waals surface area (Å²) in [5.41, 5.74) is 1.58. The lowest BCUT2D eigenvalue weighted by Gasteiger charge is -2.15. The third-order valence-electron chi connectivity index (χ3n) is 6.56. The second-order valence-corrected chi connectivity index (χ2v) is 9.10. The highest BCUT2D eigenvalue weighted by atomic mass is 19.1. The Morgan fingerprint density at radius 1 is 1.18 bits per heavy atom. The van der Waals surface area contributed by atoms with Crippen molar-refractivity contribution < 1.29 is 28.8 Å². The van der Waals surface area contributed by atoms with Gasteiger partial charge in [0.25, 0.3) is 11.8 Å². The zero-order valence-corrected chi connectivity index (χ0v) is 20.5. The highest BCUT2D eigenvalue weighted by molar-refractivity contribution is 5.99. The molecular formula is C26H21FN6O6. The van der Waals surface area contributed by atoms with Gasteiger partial charge in [0.05, 0.1) is 16.5 Å². The highest BCUT2D eigenvalue weighted by Gasteiger charge is 2.29. The number of carbonyl (C=O) groups is 3. The second kappa shape index (κ2) is 9.93. The number of halogens is 1. The molecule has 0 unspecified atom stereocenters. The van der Waals surface area contributed by atoms with Crippen molar-refractivity contribution in [1.29, 1.82) is 0 Å². The van der Waals surface area contributed by atoms with Gasteiger partial charge in [-0.05, 0) is 60.2 Å². The molecule has 5 rings (SSSR count). The van der Waals surface area contributed by atoms with Gasteiger partial charge in [-0.1, -0.05) is 18.2 Å². The van der Waals surface area contributed by atoms with Crippen molar-refractivity contribution in [2.45, 2.75) is 32.4 Å². The van der Waals surface area contributed by atoms with Crippen molar-refractivity contribution in [2.75, 3.05) is 0 Å². The van der Waals surface area contributed by atoms with Gasteiger partial charge in [-0.25, -0.2) is 18.7 Å². The molecule has 0 saturated heterocycles. The molecule has 0 saturated carbocycles. The number of nitrogens with zero attached hydrogens (tertiary/aromatic N) is 4. The fraction of sp³-hybridized carbons (Fsp3) is 0.192. The van der Waals surface area contributed by atoms with Crippen LogP contribution in [0, 0.1) is 22.9 Å². The van der Waals surface area contributed by atoms with E-state index in [0.717, 1.165) is 21.8 Å². The molecule has 2 amide bonds. The summed E-state index contributed by atoms with van der Waals surface area (Å²) in [5, 5.41) is 30.2. The number of nitrogens with one attached hydrogen (secondary N) is 2. The predicted molar refractivity (Wildman–Crippen MR) is 134 cm³/mol. The molecule has 1 atom stereocenters. The van der Waals surface area contributed by atoms with Crippen LogP contribution in [-0.2, 0) is 13.0 Å². The first-order chi connectivity index (χ1) is 18.6. The molecule has 2 aromatic carbocycles. The minimum atomic E-state index is -1.05. The molecule has 2 heterocycles. The number of rotatable bonds is 7. The van der Waals surface area contributed by atoms with Gasteiger partial charge in [0.15, 0.2) is 0 Å². The Hall–Kier alpha value is -5.20. The summed E-state index contributed by atoms with van der Waals surface area (Å²) >= 11 is 0. The van der Waals surface area contributed by atoms with Crippen LogP contribution in [0.1, 0.15) is 66.1 Å². The van der Waals surface area contributed by atoms with Crippen molar-refractivity contribution in [1.82, 2.24) is 25.2 Å². The average molecular weight is 532 g/mol. The zero-order valence-electron chi connectivity index (χ0n) is 20.5. The van der Waals surface area contributed by atoms with Gasteiger partial charge in [-0.2, -0.15) is 5.10 Å². The van der Waals surface area contributed by atoms with E-state index in [4.69, 9.17) is 0 Å². The number of aromatic carboxylic acids is 1. The summed E-state index contributed by atoms with van der Waals surface area (Å²) in [7, 11) is 0. The molecule has 0 radical (unpaired) electrons. The maximum Gasteiger partial charge on any atom is 0.335 e. The summed E-state index contributed by atoms with van der Waals surface area (Å²) in [6.07, 6.45) is 2.01. The van der Waals surface area contributed by atoms with Crippen LogP contribution in [0.3, 0.4) is 0 Å². The minimum absolute atomic E-state index is 0.0346. The Morgan fingerprint density at radius 2 is 1.97 bits per heavy atom. The van der Waals surface area contributed by atoms with Crippen LogP contribution in [0.4, 0.5) is 10.1 Å². The number of carbonyl (C=O) groups excluding carboxylic acids is 2. The highest BCUT2D eigenvalue weighted by Crippen LogP contribution is 2.32. The fourth-order valence-corrected chi connectivity index (χ4v) is 4.58. The molecule has 39 heavy (non-hydrogen) atoms. The van der Waals surface area contributed by atoms with Crippen molar-refractivity contribution in [2.24, 2.45) is 0 Å². The van der Waals surface area contributed by atoms with Crippen LogP contribution in [0.25, 0.3) is 5.65 Å². The molecule has 2 aromatic heterocycles. The molecule has 0 bridgehead atoms. The molecule has 0 fully saturated rings. The monoisotopic (exact) mass is 532 g/mol. The zero-order chi connectivity index (χ0) is 27.8. The topological polar surface area (TPSA) is 169 Å². The van der Waals surface area contributed by atoms with Crippen molar-refractivity contribution in [3.8, 4) is 0 Å². The second-order valence-electron chi connectivity index (χ2n) is 9.10. The summed E-state index contributed by atoms with van der Waals surface area (Å²) < 4.78 is 14.6. The molecule has 1 aliphatic rings. The van der Waals surface area contributed by atoms with Crippen molar-refractivity contribution in [3.63, 3.8) is 0 Å². The van der Waals surface area contributed by atoms with E-state index in [1.165, 1.54) is 24.3 Å². The van der Waals surface area contributed by atoms with Gasteiger partial charge in [0.2, 0.25) is 5.65 Å². The molecule has 3 N–H and O–H groups in total. The molecule has 198 valence electrons. The summed E-state index contributed by atoms with van der Waals surface area (Å²) in [6, 6.07) is 9.78. The smallest absolute Gasteiger partial charge is 0.335 e. The average Bonchev–Trinajstić information content (AvgIpc) is 3.52. The number of hydrogen-bond acceptors (Lipinski definition) is 7. The Bertz CT molecular complexity index is 1680. The van der Waals surface area contributed by atoms with Gasteiger partial charge in [-0.3, -0.25) is 19.7 Å². The lowest BCUT2D eigenvalue weighted by molar-refractivity contribution is -0.383. The number of fused-ring (bicyclic) bond motifs is 2. The Labute approximate surface area is 219 Å². The van der Waals surface area contributed by atoms with E-state index in [1.54, 1.807) is 25.1 Å². The Morgan fingerprint density at radius 3 is 2.69 bits per heavy atom. The van der Waals surface area contributed by atoms with Gasteiger partial charge in [0, 0.05) is 12.6 Å². The number of hydrogen-bond donors (Lipinski definition) is 3. The third kappa shape index (κ3) is 4.89. The number of aryl methyl sites for hydroxylation is 2. The van der Waals surface area contributed by atoms with E-state index >= 15 is 0 Å². The largest absolute Gasteiger partial charge is 0.478 e. The van der Waals surface area contributed by atoms with E-state index in [-0.39, 0.29) is 35.0 Å². The van der Waals surface area contributed by atoms with Crippen LogP contribution in [0.5, 0.6) is 0 Å². The summed E-state index contributed by atoms with van der Waals surface area (Å²) in [4.78, 5) is 52.5. The van der Waals surface area contributed by atoms with Crippen LogP contribution >= 0.6 is 0 Å². The van der Waals surface area contributed by atoms with Gasteiger partial charge in [0.1, 0.15) is 23.4 Å².